The molecule has 2 rings (SSSR count). The van der Waals surface area contributed by atoms with E-state index < -0.39 is 0 Å². The van der Waals surface area contributed by atoms with Gasteiger partial charge in [0.2, 0.25) is 0 Å². The van der Waals surface area contributed by atoms with Crippen LogP contribution in [0.1, 0.15) is 32.1 Å². The molecular weight excluding hydrogens is 178 g/mol. The number of piperidine rings is 1. The number of carbonyl (C=O) groups is 1. The first-order valence-corrected chi connectivity index (χ1v) is 5.62. The Kier molecular flexibility index (Phi) is 3.06. The summed E-state index contributed by atoms with van der Waals surface area (Å²) >= 11 is 0. The van der Waals surface area contributed by atoms with Crippen LogP contribution in [0.4, 0.5) is 0 Å². The highest BCUT2D eigenvalue weighted by molar-refractivity contribution is 5.75. The molecule has 0 aromatic carbocycles. The lowest BCUT2D eigenvalue weighted by Crippen LogP contribution is -2.49. The molecule has 0 amide bonds. The Balaban J connectivity index is 1.92. The molecule has 1 saturated heterocycles. The van der Waals surface area contributed by atoms with E-state index in [-0.39, 0.29) is 12.0 Å². The van der Waals surface area contributed by atoms with E-state index in [1.165, 1.54) is 32.8 Å². The van der Waals surface area contributed by atoms with Crippen LogP contribution in [-0.2, 0) is 9.53 Å². The molecule has 0 spiro atoms. The van der Waals surface area contributed by atoms with E-state index in [0.29, 0.717) is 0 Å². The highest BCUT2D eigenvalue weighted by Gasteiger charge is 2.34. The van der Waals surface area contributed by atoms with Crippen molar-refractivity contribution >= 4 is 5.97 Å². The number of carbonyl (C=O) groups excluding carboxylic acids is 1. The van der Waals surface area contributed by atoms with Gasteiger partial charge in [0.25, 0.3) is 0 Å². The van der Waals surface area contributed by atoms with Gasteiger partial charge in [0.1, 0.15) is 6.04 Å². The van der Waals surface area contributed by atoms with Crippen molar-refractivity contribution in [3.8, 4) is 0 Å². The van der Waals surface area contributed by atoms with Crippen LogP contribution in [0.2, 0.25) is 0 Å². The van der Waals surface area contributed by atoms with Gasteiger partial charge in [-0.05, 0) is 31.2 Å². The SMILES string of the molecule is COC(=O)[C@@H]1C[C@@H]2CCCC[C@@H]2CN1. The van der Waals surface area contributed by atoms with Gasteiger partial charge in [0.15, 0.2) is 0 Å². The average molecular weight is 197 g/mol. The Hall–Kier alpha value is -0.570. The van der Waals surface area contributed by atoms with Crippen LogP contribution >= 0.6 is 0 Å². The van der Waals surface area contributed by atoms with Gasteiger partial charge in [-0.25, -0.2) is 0 Å². The number of fused-ring (bicyclic) bond motifs is 1. The second-order valence-corrected chi connectivity index (χ2v) is 4.52. The smallest absolute Gasteiger partial charge is 0.322 e. The fraction of sp³-hybridized carbons (Fsp3) is 0.909. The third-order valence-electron chi connectivity index (χ3n) is 3.72. The fourth-order valence-corrected chi connectivity index (χ4v) is 2.87. The number of hydrogen-bond donors (Lipinski definition) is 1. The van der Waals surface area contributed by atoms with Crippen molar-refractivity contribution < 1.29 is 9.53 Å². The number of nitrogens with one attached hydrogen (secondary N) is 1. The zero-order valence-electron chi connectivity index (χ0n) is 8.79. The summed E-state index contributed by atoms with van der Waals surface area (Å²) in [5.74, 6) is 1.48. The summed E-state index contributed by atoms with van der Waals surface area (Å²) in [6.45, 7) is 1.00. The molecule has 0 unspecified atom stereocenters. The van der Waals surface area contributed by atoms with Crippen LogP contribution in [0.15, 0.2) is 0 Å². The summed E-state index contributed by atoms with van der Waals surface area (Å²) in [6.07, 6.45) is 6.34. The highest BCUT2D eigenvalue weighted by Crippen LogP contribution is 2.35. The number of esters is 1. The number of ether oxygens (including phenoxy) is 1. The minimum Gasteiger partial charge on any atom is -0.468 e. The van der Waals surface area contributed by atoms with Crippen molar-refractivity contribution in [3.63, 3.8) is 0 Å². The van der Waals surface area contributed by atoms with E-state index in [2.05, 4.69) is 5.32 Å². The van der Waals surface area contributed by atoms with E-state index in [4.69, 9.17) is 4.74 Å². The lowest BCUT2D eigenvalue weighted by molar-refractivity contribution is -0.144. The van der Waals surface area contributed by atoms with Crippen LogP contribution in [-0.4, -0.2) is 25.7 Å². The third kappa shape index (κ3) is 1.92. The van der Waals surface area contributed by atoms with Gasteiger partial charge in [-0.15, -0.1) is 0 Å². The fourth-order valence-electron chi connectivity index (χ4n) is 2.87. The minimum atomic E-state index is -0.0889. The Morgan fingerprint density at radius 2 is 2.00 bits per heavy atom. The van der Waals surface area contributed by atoms with Crippen molar-refractivity contribution in [1.29, 1.82) is 0 Å². The average Bonchev–Trinajstić information content (AvgIpc) is 2.27. The van der Waals surface area contributed by atoms with Gasteiger partial charge in [0, 0.05) is 0 Å². The summed E-state index contributed by atoms with van der Waals surface area (Å²) in [4.78, 5) is 11.4. The zero-order chi connectivity index (χ0) is 9.97. The lowest BCUT2D eigenvalue weighted by atomic mass is 9.74. The molecule has 2 fully saturated rings. The molecule has 3 heteroatoms. The number of hydrogen-bond acceptors (Lipinski definition) is 3. The van der Waals surface area contributed by atoms with Crippen LogP contribution in [0.3, 0.4) is 0 Å². The van der Waals surface area contributed by atoms with Crippen molar-refractivity contribution in [2.24, 2.45) is 11.8 Å². The lowest BCUT2D eigenvalue weighted by Gasteiger charge is -2.38. The number of methoxy groups -OCH3 is 1. The summed E-state index contributed by atoms with van der Waals surface area (Å²) in [5.41, 5.74) is 0. The van der Waals surface area contributed by atoms with Crippen LogP contribution in [0.5, 0.6) is 0 Å². The van der Waals surface area contributed by atoms with Crippen molar-refractivity contribution in [1.82, 2.24) is 5.32 Å². The van der Waals surface area contributed by atoms with Crippen molar-refractivity contribution in [2.45, 2.75) is 38.1 Å². The van der Waals surface area contributed by atoms with Crippen LogP contribution < -0.4 is 5.32 Å². The monoisotopic (exact) mass is 197 g/mol. The third-order valence-corrected chi connectivity index (χ3v) is 3.72. The quantitative estimate of drug-likeness (QED) is 0.644. The molecule has 14 heavy (non-hydrogen) atoms. The van der Waals surface area contributed by atoms with E-state index in [1.54, 1.807) is 0 Å². The van der Waals surface area contributed by atoms with Gasteiger partial charge < -0.3 is 10.1 Å². The zero-order valence-corrected chi connectivity index (χ0v) is 8.79. The van der Waals surface area contributed by atoms with Crippen molar-refractivity contribution in [3.05, 3.63) is 0 Å². The molecule has 1 saturated carbocycles. The van der Waals surface area contributed by atoms with Crippen LogP contribution in [0, 0.1) is 11.8 Å². The Morgan fingerprint density at radius 3 is 2.71 bits per heavy atom. The molecule has 0 aromatic rings. The second kappa shape index (κ2) is 4.30. The minimum absolute atomic E-state index is 0.0423. The topological polar surface area (TPSA) is 38.3 Å². The Bertz CT molecular complexity index is 217. The maximum Gasteiger partial charge on any atom is 0.322 e. The maximum absolute atomic E-state index is 11.4. The summed E-state index contributed by atoms with van der Waals surface area (Å²) in [7, 11) is 1.47. The number of rotatable bonds is 1. The molecule has 0 bridgehead atoms. The molecule has 0 aromatic heterocycles. The molecule has 3 nitrogen and oxygen atoms in total. The van der Waals surface area contributed by atoms with E-state index in [0.717, 1.165) is 24.8 Å². The molecule has 1 heterocycles. The van der Waals surface area contributed by atoms with Crippen molar-refractivity contribution in [2.75, 3.05) is 13.7 Å². The summed E-state index contributed by atoms with van der Waals surface area (Å²) in [5, 5.41) is 3.29. The molecule has 2 aliphatic rings. The van der Waals surface area contributed by atoms with Gasteiger partial charge >= 0.3 is 5.97 Å². The second-order valence-electron chi connectivity index (χ2n) is 4.52. The van der Waals surface area contributed by atoms with E-state index >= 15 is 0 Å². The van der Waals surface area contributed by atoms with Crippen LogP contribution in [0.25, 0.3) is 0 Å². The molecular formula is C11H19NO2. The Morgan fingerprint density at radius 1 is 1.29 bits per heavy atom. The summed E-state index contributed by atoms with van der Waals surface area (Å²) in [6, 6.07) is -0.0423. The van der Waals surface area contributed by atoms with E-state index in [1.807, 2.05) is 0 Å². The molecule has 80 valence electrons. The predicted molar refractivity (Wildman–Crippen MR) is 53.9 cm³/mol. The first-order chi connectivity index (χ1) is 6.81. The highest BCUT2D eigenvalue weighted by atomic mass is 16.5. The van der Waals surface area contributed by atoms with Gasteiger partial charge in [-0.2, -0.15) is 0 Å². The standard InChI is InChI=1S/C11H19NO2/c1-14-11(13)10-6-8-4-2-3-5-9(8)7-12-10/h8-10,12H,2-7H2,1H3/t8-,9+,10-/m0/s1. The van der Waals surface area contributed by atoms with Gasteiger partial charge in [0.05, 0.1) is 7.11 Å². The Labute approximate surface area is 85.2 Å². The van der Waals surface area contributed by atoms with E-state index in [9.17, 15) is 4.79 Å². The first-order valence-electron chi connectivity index (χ1n) is 5.62. The maximum atomic E-state index is 11.4. The normalized spacial score (nSPS) is 37.4. The summed E-state index contributed by atoms with van der Waals surface area (Å²) < 4.78 is 4.77. The molecule has 1 N–H and O–H groups in total. The first kappa shape index (κ1) is 9.97. The molecule has 1 aliphatic carbocycles. The molecule has 3 atom stereocenters. The largest absolute Gasteiger partial charge is 0.468 e. The van der Waals surface area contributed by atoms with Gasteiger partial charge in [-0.3, -0.25) is 4.79 Å². The predicted octanol–water partition coefficient (Wildman–Crippen LogP) is 1.33. The van der Waals surface area contributed by atoms with Gasteiger partial charge in [-0.1, -0.05) is 19.3 Å². The molecule has 0 radical (unpaired) electrons. The molecule has 1 aliphatic heterocycles.